The van der Waals surface area contributed by atoms with Crippen LogP contribution in [0.3, 0.4) is 0 Å². The van der Waals surface area contributed by atoms with Crippen LogP contribution in [0.15, 0.2) is 12.4 Å². The molecule has 0 aliphatic heterocycles. The molecule has 0 amide bonds. The summed E-state index contributed by atoms with van der Waals surface area (Å²) in [6, 6.07) is 1.82. The number of pyridine rings is 1. The van der Waals surface area contributed by atoms with Crippen LogP contribution in [0.4, 0.5) is 0 Å². The van der Waals surface area contributed by atoms with Crippen molar-refractivity contribution in [3.05, 3.63) is 31.8 Å². The second-order valence-corrected chi connectivity index (χ2v) is 3.35. The van der Waals surface area contributed by atoms with Crippen molar-refractivity contribution < 1.29 is 4.73 Å². The minimum Gasteiger partial charge on any atom is -0.619 e. The van der Waals surface area contributed by atoms with Gasteiger partial charge in [-0.3, -0.25) is 0 Å². The van der Waals surface area contributed by atoms with E-state index in [2.05, 4.69) is 0 Å². The lowest BCUT2D eigenvalue weighted by atomic mass is 10.3. The predicted molar refractivity (Wildman–Crippen MR) is 47.8 cm³/mol. The maximum absolute atomic E-state index is 10.7. The quantitative estimate of drug-likeness (QED) is 0.410. The average Bonchev–Trinajstić information content (AvgIpc) is 1.96. The van der Waals surface area contributed by atoms with Gasteiger partial charge < -0.3 is 5.21 Å². The van der Waals surface area contributed by atoms with E-state index < -0.39 is 0 Å². The summed E-state index contributed by atoms with van der Waals surface area (Å²) in [5.41, 5.74) is 0.202. The highest BCUT2D eigenvalue weighted by Gasteiger charge is 2.08. The molecule has 0 N–H and O–H groups in total. The first kappa shape index (κ1) is 8.56. The fraction of sp³-hybridized carbons (Fsp3) is 0. The number of halogens is 2. The van der Waals surface area contributed by atoms with Crippen LogP contribution in [-0.4, -0.2) is 0 Å². The van der Waals surface area contributed by atoms with E-state index in [1.54, 1.807) is 0 Å². The molecule has 0 fully saturated rings. The van der Waals surface area contributed by atoms with Gasteiger partial charge in [-0.05, 0) is 22.6 Å². The van der Waals surface area contributed by atoms with Gasteiger partial charge in [0.25, 0.3) is 0 Å². The van der Waals surface area contributed by atoms with Crippen LogP contribution in [-0.2, 0) is 0 Å². The van der Waals surface area contributed by atoms with Crippen molar-refractivity contribution in [2.24, 2.45) is 0 Å². The zero-order valence-electron chi connectivity index (χ0n) is 5.21. The smallest absolute Gasteiger partial charge is 0.199 e. The Morgan fingerprint density at radius 2 is 2.27 bits per heavy atom. The van der Waals surface area contributed by atoms with Crippen LogP contribution in [0.5, 0.6) is 0 Å². The van der Waals surface area contributed by atoms with Crippen LogP contribution in [0.25, 0.3) is 0 Å². The third-order valence-electron chi connectivity index (χ3n) is 1.06. The largest absolute Gasteiger partial charge is 0.619 e. The Morgan fingerprint density at radius 1 is 1.64 bits per heavy atom. The first-order chi connectivity index (χ1) is 5.15. The number of aromatic nitrogens is 1. The van der Waals surface area contributed by atoms with Crippen LogP contribution < -0.4 is 4.73 Å². The average molecular weight is 280 g/mol. The minimum absolute atomic E-state index is 0.202. The van der Waals surface area contributed by atoms with Gasteiger partial charge in [-0.2, -0.15) is 9.99 Å². The van der Waals surface area contributed by atoms with Gasteiger partial charge in [0, 0.05) is 0 Å². The highest BCUT2D eigenvalue weighted by atomic mass is 127. The maximum Gasteiger partial charge on any atom is 0.199 e. The number of nitriles is 1. The van der Waals surface area contributed by atoms with Gasteiger partial charge in [0.2, 0.25) is 0 Å². The lowest BCUT2D eigenvalue weighted by Crippen LogP contribution is -2.25. The summed E-state index contributed by atoms with van der Waals surface area (Å²) >= 11 is 7.58. The lowest BCUT2D eigenvalue weighted by Gasteiger charge is -1.98. The van der Waals surface area contributed by atoms with Gasteiger partial charge in [0.1, 0.15) is 11.6 Å². The third-order valence-corrected chi connectivity index (χ3v) is 2.61. The molecule has 0 saturated carbocycles. The summed E-state index contributed by atoms with van der Waals surface area (Å²) in [6.45, 7) is 0. The highest BCUT2D eigenvalue weighted by molar-refractivity contribution is 14.1. The number of hydrogen-bond donors (Lipinski definition) is 0. The van der Waals surface area contributed by atoms with Gasteiger partial charge in [-0.15, -0.1) is 0 Å². The van der Waals surface area contributed by atoms with Crippen molar-refractivity contribution in [1.82, 2.24) is 0 Å². The number of hydrogen-bond acceptors (Lipinski definition) is 2. The molecule has 0 atom stereocenters. The van der Waals surface area contributed by atoms with E-state index in [9.17, 15) is 5.21 Å². The predicted octanol–water partition coefficient (Wildman–Crippen LogP) is 1.45. The molecule has 0 aromatic carbocycles. The molecule has 11 heavy (non-hydrogen) atoms. The fourth-order valence-corrected chi connectivity index (χ4v) is 1.30. The molecule has 1 aromatic rings. The first-order valence-electron chi connectivity index (χ1n) is 2.63. The van der Waals surface area contributed by atoms with Gasteiger partial charge in [-0.1, -0.05) is 11.6 Å². The van der Waals surface area contributed by atoms with Crippen molar-refractivity contribution in [3.63, 3.8) is 0 Å². The molecule has 1 heterocycles. The van der Waals surface area contributed by atoms with Gasteiger partial charge in [-0.25, -0.2) is 0 Å². The summed E-state index contributed by atoms with van der Waals surface area (Å²) in [7, 11) is 0. The van der Waals surface area contributed by atoms with Crippen LogP contribution >= 0.6 is 34.2 Å². The van der Waals surface area contributed by atoms with E-state index in [0.29, 0.717) is 13.3 Å². The Kier molecular flexibility index (Phi) is 2.52. The molecule has 3 nitrogen and oxygen atoms in total. The lowest BCUT2D eigenvalue weighted by molar-refractivity contribution is -0.606. The van der Waals surface area contributed by atoms with Gasteiger partial charge in [0.15, 0.2) is 12.4 Å². The van der Waals surface area contributed by atoms with E-state index in [1.807, 2.05) is 28.7 Å². The van der Waals surface area contributed by atoms with Crippen LogP contribution in [0, 0.1) is 20.1 Å². The highest BCUT2D eigenvalue weighted by Crippen LogP contribution is 2.19. The van der Waals surface area contributed by atoms with E-state index in [-0.39, 0.29) is 5.56 Å². The van der Waals surface area contributed by atoms with Crippen LogP contribution in [0.1, 0.15) is 5.56 Å². The van der Waals surface area contributed by atoms with E-state index in [1.165, 1.54) is 6.20 Å². The van der Waals surface area contributed by atoms with E-state index in [0.717, 1.165) is 6.20 Å². The van der Waals surface area contributed by atoms with Crippen molar-refractivity contribution in [2.45, 2.75) is 0 Å². The number of nitrogens with zero attached hydrogens (tertiary/aromatic N) is 2. The zero-order valence-corrected chi connectivity index (χ0v) is 8.13. The molecule has 0 spiro atoms. The Morgan fingerprint density at radius 3 is 2.82 bits per heavy atom. The van der Waals surface area contributed by atoms with Crippen molar-refractivity contribution in [3.8, 4) is 6.07 Å². The molecular weight excluding hydrogens is 278 g/mol. The molecule has 0 bridgehead atoms. The molecular formula is C6H2ClIN2O. The SMILES string of the molecule is N#Cc1c[n+]([O-])cc(I)c1Cl. The summed E-state index contributed by atoms with van der Waals surface area (Å²) in [6.07, 6.45) is 2.45. The van der Waals surface area contributed by atoms with Crippen molar-refractivity contribution in [2.75, 3.05) is 0 Å². The van der Waals surface area contributed by atoms with Gasteiger partial charge in [0.05, 0.1) is 8.59 Å². The Balaban J connectivity index is 3.39. The Labute approximate surface area is 81.9 Å². The van der Waals surface area contributed by atoms with Crippen molar-refractivity contribution >= 4 is 34.2 Å². The fourth-order valence-electron chi connectivity index (χ4n) is 0.596. The molecule has 5 heteroatoms. The zero-order chi connectivity index (χ0) is 8.43. The second kappa shape index (κ2) is 3.24. The maximum atomic E-state index is 10.7. The Bertz CT molecular complexity index is 334. The third kappa shape index (κ3) is 1.73. The molecule has 1 rings (SSSR count). The standard InChI is InChI=1S/C6H2ClIN2O/c7-6-4(1-9)2-10(11)3-5(6)8/h2-3H. The van der Waals surface area contributed by atoms with E-state index >= 15 is 0 Å². The molecule has 1 aromatic heterocycles. The summed E-state index contributed by atoms with van der Waals surface area (Å²) in [5, 5.41) is 19.5. The molecule has 0 radical (unpaired) electrons. The Hall–Kier alpha value is -0.540. The summed E-state index contributed by atoms with van der Waals surface area (Å²) in [5.74, 6) is 0. The topological polar surface area (TPSA) is 50.7 Å². The molecule has 0 aliphatic rings. The molecule has 0 aliphatic carbocycles. The second-order valence-electron chi connectivity index (χ2n) is 1.81. The molecule has 0 saturated heterocycles. The molecule has 56 valence electrons. The summed E-state index contributed by atoms with van der Waals surface area (Å²) in [4.78, 5) is 0. The monoisotopic (exact) mass is 280 g/mol. The van der Waals surface area contributed by atoms with Crippen molar-refractivity contribution in [1.29, 1.82) is 5.26 Å². The van der Waals surface area contributed by atoms with E-state index in [4.69, 9.17) is 16.9 Å². The normalized spacial score (nSPS) is 9.18. The first-order valence-corrected chi connectivity index (χ1v) is 4.08. The number of rotatable bonds is 0. The summed E-state index contributed by atoms with van der Waals surface area (Å²) < 4.78 is 1.14. The van der Waals surface area contributed by atoms with Crippen LogP contribution in [0.2, 0.25) is 5.02 Å². The molecule has 0 unspecified atom stereocenters. The van der Waals surface area contributed by atoms with Gasteiger partial charge >= 0.3 is 0 Å². The minimum atomic E-state index is 0.202.